The first kappa shape index (κ1) is 18.1. The normalized spacial score (nSPS) is 14.6. The van der Waals surface area contributed by atoms with Gasteiger partial charge in [-0.2, -0.15) is 5.10 Å². The van der Waals surface area contributed by atoms with Gasteiger partial charge in [0.1, 0.15) is 5.03 Å². The number of imidazole rings is 1. The Morgan fingerprint density at radius 3 is 2.72 bits per heavy atom. The van der Waals surface area contributed by atoms with Crippen molar-refractivity contribution in [2.45, 2.75) is 42.5 Å². The molecule has 1 fully saturated rings. The van der Waals surface area contributed by atoms with Gasteiger partial charge in [-0.25, -0.2) is 9.50 Å². The highest BCUT2D eigenvalue weighted by atomic mass is 32.2. The van der Waals surface area contributed by atoms with E-state index < -0.39 is 5.60 Å². The van der Waals surface area contributed by atoms with Crippen molar-refractivity contribution in [2.75, 3.05) is 5.32 Å². The molecule has 1 aliphatic carbocycles. The second-order valence-corrected chi connectivity index (χ2v) is 8.64. The summed E-state index contributed by atoms with van der Waals surface area (Å²) in [5.74, 6) is 0.633. The molecule has 4 aromatic heterocycles. The van der Waals surface area contributed by atoms with Crippen LogP contribution in [-0.4, -0.2) is 40.2 Å². The lowest BCUT2D eigenvalue weighted by Crippen LogP contribution is -2.16. The number of fused-ring (bicyclic) bond motifs is 2. The third-order valence-corrected chi connectivity index (χ3v) is 5.66. The Morgan fingerprint density at radius 2 is 1.97 bits per heavy atom. The quantitative estimate of drug-likeness (QED) is 0.521. The summed E-state index contributed by atoms with van der Waals surface area (Å²) in [5.41, 5.74) is 1.14. The number of carbonyl (C=O) groups is 1. The molecule has 148 valence electrons. The van der Waals surface area contributed by atoms with Crippen molar-refractivity contribution >= 4 is 34.8 Å². The predicted molar refractivity (Wildman–Crippen MR) is 107 cm³/mol. The summed E-state index contributed by atoms with van der Waals surface area (Å²) in [6.07, 6.45) is 5.42. The molecule has 2 N–H and O–H groups in total. The van der Waals surface area contributed by atoms with Crippen LogP contribution in [0.2, 0.25) is 0 Å². The predicted octanol–water partition coefficient (Wildman–Crippen LogP) is 2.50. The third kappa shape index (κ3) is 3.56. The van der Waals surface area contributed by atoms with E-state index in [1.54, 1.807) is 24.6 Å². The van der Waals surface area contributed by atoms with Crippen molar-refractivity contribution in [1.82, 2.24) is 29.2 Å². The van der Waals surface area contributed by atoms with E-state index in [0.717, 1.165) is 18.4 Å². The first-order chi connectivity index (χ1) is 13.9. The zero-order valence-electron chi connectivity index (χ0n) is 15.9. The SMILES string of the molecule is CC(C)(O)c1ccc2nnc(Sc3ccc4nc(NC(=O)C5CC5)cn4n3)n2c1. The number of hydrogen-bond acceptors (Lipinski definition) is 7. The summed E-state index contributed by atoms with van der Waals surface area (Å²) in [4.78, 5) is 16.3. The summed E-state index contributed by atoms with van der Waals surface area (Å²) in [6.45, 7) is 3.47. The Kier molecular flexibility index (Phi) is 4.07. The number of rotatable bonds is 5. The van der Waals surface area contributed by atoms with E-state index in [2.05, 4.69) is 25.6 Å². The van der Waals surface area contributed by atoms with E-state index in [-0.39, 0.29) is 11.8 Å². The number of pyridine rings is 1. The molecular weight excluding hydrogens is 390 g/mol. The number of anilines is 1. The van der Waals surface area contributed by atoms with Crippen molar-refractivity contribution < 1.29 is 9.90 Å². The molecule has 1 amide bonds. The molecule has 0 radical (unpaired) electrons. The van der Waals surface area contributed by atoms with Gasteiger partial charge in [-0.3, -0.25) is 9.20 Å². The van der Waals surface area contributed by atoms with Gasteiger partial charge in [-0.1, -0.05) is 6.07 Å². The van der Waals surface area contributed by atoms with Gasteiger partial charge in [0.15, 0.2) is 17.1 Å². The van der Waals surface area contributed by atoms with Crippen molar-refractivity contribution in [3.63, 3.8) is 0 Å². The standard InChI is InChI=1S/C19H19N7O2S/c1-19(2,28)12-5-6-15-22-23-18(25(15)9-12)29-16-8-7-14-20-13(10-26(14)24-16)21-17(27)11-3-4-11/h5-11,28H,3-4H2,1-2H3,(H,21,27). The van der Waals surface area contributed by atoms with Gasteiger partial charge in [0, 0.05) is 12.1 Å². The fourth-order valence-electron chi connectivity index (χ4n) is 2.95. The van der Waals surface area contributed by atoms with Crippen LogP contribution in [-0.2, 0) is 10.4 Å². The highest BCUT2D eigenvalue weighted by molar-refractivity contribution is 7.99. The van der Waals surface area contributed by atoms with Gasteiger partial charge in [0.05, 0.1) is 11.8 Å². The highest BCUT2D eigenvalue weighted by Gasteiger charge is 2.30. The van der Waals surface area contributed by atoms with Gasteiger partial charge in [-0.15, -0.1) is 10.2 Å². The molecular formula is C19H19N7O2S. The minimum absolute atomic E-state index is 0.0144. The number of nitrogens with zero attached hydrogens (tertiary/aromatic N) is 6. The topological polar surface area (TPSA) is 110 Å². The maximum Gasteiger partial charge on any atom is 0.228 e. The minimum atomic E-state index is -0.963. The minimum Gasteiger partial charge on any atom is -0.386 e. The fraction of sp³-hybridized carbons (Fsp3) is 0.316. The van der Waals surface area contributed by atoms with Crippen LogP contribution in [0, 0.1) is 5.92 Å². The summed E-state index contributed by atoms with van der Waals surface area (Å²) >= 11 is 1.36. The average molecular weight is 409 g/mol. The maximum atomic E-state index is 11.9. The summed E-state index contributed by atoms with van der Waals surface area (Å²) in [7, 11) is 0. The Bertz CT molecular complexity index is 1240. The fourth-order valence-corrected chi connectivity index (χ4v) is 3.73. The largest absolute Gasteiger partial charge is 0.386 e. The molecule has 0 aliphatic heterocycles. The van der Waals surface area contributed by atoms with E-state index in [1.807, 2.05) is 34.9 Å². The number of aliphatic hydroxyl groups is 1. The molecule has 0 bridgehead atoms. The number of nitrogens with one attached hydrogen (secondary N) is 1. The molecule has 29 heavy (non-hydrogen) atoms. The van der Waals surface area contributed by atoms with Crippen molar-refractivity contribution in [3.05, 3.63) is 42.2 Å². The lowest BCUT2D eigenvalue weighted by molar-refractivity contribution is -0.117. The molecule has 9 nitrogen and oxygen atoms in total. The molecule has 10 heteroatoms. The molecule has 5 rings (SSSR count). The Morgan fingerprint density at radius 1 is 1.17 bits per heavy atom. The third-order valence-electron chi connectivity index (χ3n) is 4.77. The maximum absolute atomic E-state index is 11.9. The zero-order valence-corrected chi connectivity index (χ0v) is 16.7. The summed E-state index contributed by atoms with van der Waals surface area (Å²) in [5, 5.41) is 27.4. The smallest absolute Gasteiger partial charge is 0.228 e. The van der Waals surface area contributed by atoms with Crippen LogP contribution in [0.15, 0.2) is 46.8 Å². The molecule has 1 saturated carbocycles. The van der Waals surface area contributed by atoms with Crippen molar-refractivity contribution in [3.8, 4) is 0 Å². The van der Waals surface area contributed by atoms with Gasteiger partial charge >= 0.3 is 0 Å². The Hall–Kier alpha value is -2.98. The van der Waals surface area contributed by atoms with Crippen LogP contribution in [0.25, 0.3) is 11.3 Å². The molecule has 0 unspecified atom stereocenters. The first-order valence-corrected chi connectivity index (χ1v) is 10.1. The van der Waals surface area contributed by atoms with Crippen LogP contribution < -0.4 is 5.32 Å². The second-order valence-electron chi connectivity index (χ2n) is 7.65. The number of hydrogen-bond donors (Lipinski definition) is 2. The van der Waals surface area contributed by atoms with Crippen LogP contribution >= 0.6 is 11.8 Å². The van der Waals surface area contributed by atoms with Crippen molar-refractivity contribution in [1.29, 1.82) is 0 Å². The molecule has 4 aromatic rings. The number of amides is 1. The van der Waals surface area contributed by atoms with Crippen LogP contribution in [0.5, 0.6) is 0 Å². The Labute approximate surface area is 170 Å². The highest BCUT2D eigenvalue weighted by Crippen LogP contribution is 2.30. The second kappa shape index (κ2) is 6.53. The van der Waals surface area contributed by atoms with Gasteiger partial charge in [0.25, 0.3) is 0 Å². The van der Waals surface area contributed by atoms with Gasteiger partial charge < -0.3 is 10.4 Å². The van der Waals surface area contributed by atoms with E-state index in [4.69, 9.17) is 0 Å². The van der Waals surface area contributed by atoms with E-state index in [0.29, 0.717) is 27.3 Å². The van der Waals surface area contributed by atoms with Crippen molar-refractivity contribution in [2.24, 2.45) is 5.92 Å². The molecule has 0 aromatic carbocycles. The molecule has 0 spiro atoms. The molecule has 4 heterocycles. The van der Waals surface area contributed by atoms with Crippen LogP contribution in [0.3, 0.4) is 0 Å². The number of aromatic nitrogens is 6. The monoisotopic (exact) mass is 409 g/mol. The van der Waals surface area contributed by atoms with E-state index in [1.165, 1.54) is 11.8 Å². The lowest BCUT2D eigenvalue weighted by atomic mass is 10.0. The lowest BCUT2D eigenvalue weighted by Gasteiger charge is -2.17. The summed E-state index contributed by atoms with van der Waals surface area (Å²) in [6, 6.07) is 7.35. The van der Waals surface area contributed by atoms with E-state index in [9.17, 15) is 9.90 Å². The molecule has 1 aliphatic rings. The van der Waals surface area contributed by atoms with Crippen LogP contribution in [0.4, 0.5) is 5.82 Å². The first-order valence-electron chi connectivity index (χ1n) is 9.30. The van der Waals surface area contributed by atoms with Gasteiger partial charge in [0.2, 0.25) is 11.1 Å². The average Bonchev–Trinajstić information content (AvgIpc) is 3.35. The molecule has 0 atom stereocenters. The molecule has 0 saturated heterocycles. The van der Waals surface area contributed by atoms with Crippen LogP contribution in [0.1, 0.15) is 32.3 Å². The number of carbonyl (C=O) groups excluding carboxylic acids is 1. The summed E-state index contributed by atoms with van der Waals surface area (Å²) < 4.78 is 3.47. The Balaban J connectivity index is 1.43. The van der Waals surface area contributed by atoms with E-state index >= 15 is 0 Å². The zero-order chi connectivity index (χ0) is 20.2. The van der Waals surface area contributed by atoms with Gasteiger partial charge in [-0.05, 0) is 62.2 Å².